The molecule has 2 bridgehead atoms. The highest BCUT2D eigenvalue weighted by Crippen LogP contribution is 2.50. The zero-order valence-corrected chi connectivity index (χ0v) is 19.3. The molecule has 1 saturated carbocycles. The molecule has 1 aromatic rings. The molecule has 7 heteroatoms. The molecule has 33 heavy (non-hydrogen) atoms. The Hall–Kier alpha value is -2.67. The molecule has 2 saturated heterocycles. The smallest absolute Gasteiger partial charge is 0.328 e. The Morgan fingerprint density at radius 3 is 2.15 bits per heavy atom. The van der Waals surface area contributed by atoms with Gasteiger partial charge in [0.1, 0.15) is 0 Å². The van der Waals surface area contributed by atoms with E-state index in [9.17, 15) is 14.4 Å². The van der Waals surface area contributed by atoms with E-state index < -0.39 is 11.9 Å². The Morgan fingerprint density at radius 2 is 1.58 bits per heavy atom. The summed E-state index contributed by atoms with van der Waals surface area (Å²) in [5, 5.41) is 15.6. The molecule has 2 atom stereocenters. The topological polar surface area (TPSA) is 98.2 Å². The van der Waals surface area contributed by atoms with Crippen molar-refractivity contribution >= 4 is 23.5 Å². The molecule has 0 aromatic heterocycles. The molecule has 2 unspecified atom stereocenters. The fourth-order valence-corrected chi connectivity index (χ4v) is 6.52. The van der Waals surface area contributed by atoms with Crippen molar-refractivity contribution in [2.24, 2.45) is 5.92 Å². The van der Waals surface area contributed by atoms with E-state index in [4.69, 9.17) is 10.2 Å². The van der Waals surface area contributed by atoms with E-state index >= 15 is 0 Å². The highest BCUT2D eigenvalue weighted by molar-refractivity contribution is 5.96. The van der Waals surface area contributed by atoms with Gasteiger partial charge in [0.15, 0.2) is 0 Å². The third-order valence-electron chi connectivity index (χ3n) is 8.12. The van der Waals surface area contributed by atoms with Crippen molar-refractivity contribution < 1.29 is 24.6 Å². The molecule has 0 radical (unpaired) electrons. The predicted molar refractivity (Wildman–Crippen MR) is 125 cm³/mol. The summed E-state index contributed by atoms with van der Waals surface area (Å²) in [5.74, 6) is -1.54. The lowest BCUT2D eigenvalue weighted by Gasteiger charge is -2.36. The quantitative estimate of drug-likeness (QED) is 0.671. The number of aliphatic carboxylic acids is 2. The number of rotatable bonds is 4. The first-order valence-corrected chi connectivity index (χ1v) is 12.0. The predicted octanol–water partition coefficient (Wildman–Crippen LogP) is 3.82. The van der Waals surface area contributed by atoms with Crippen molar-refractivity contribution in [3.05, 3.63) is 42.0 Å². The van der Waals surface area contributed by atoms with Crippen LogP contribution in [0.2, 0.25) is 0 Å². The highest BCUT2D eigenvalue weighted by atomic mass is 16.4. The lowest BCUT2D eigenvalue weighted by atomic mass is 9.81. The van der Waals surface area contributed by atoms with Crippen LogP contribution in [0.3, 0.4) is 0 Å². The van der Waals surface area contributed by atoms with Gasteiger partial charge >= 0.3 is 11.9 Å². The second kappa shape index (κ2) is 9.67. The minimum Gasteiger partial charge on any atom is -0.478 e. The van der Waals surface area contributed by atoms with Crippen molar-refractivity contribution in [2.75, 3.05) is 18.5 Å². The van der Waals surface area contributed by atoms with E-state index in [1.165, 1.54) is 62.6 Å². The molecule has 1 spiro atoms. The number of hydrogen-bond acceptors (Lipinski definition) is 4. The van der Waals surface area contributed by atoms with Crippen LogP contribution >= 0.6 is 0 Å². The van der Waals surface area contributed by atoms with Gasteiger partial charge in [0.25, 0.3) is 0 Å². The minimum absolute atomic E-state index is 0.262. The Kier molecular flexibility index (Phi) is 6.88. The number of hydrogen-bond donors (Lipinski definition) is 2. The molecule has 3 heterocycles. The number of amides is 1. The number of para-hydroxylation sites is 1. The number of piperidine rings is 1. The SMILES string of the molecule is CN1C2CCC1CC(CC(=O)N1CC3(CCCC3)c3ccccc31)C2.O=C(O)/C=C\C(=O)O. The molecule has 178 valence electrons. The number of nitrogens with zero attached hydrogens (tertiary/aromatic N) is 2. The molecule has 2 N–H and O–H groups in total. The van der Waals surface area contributed by atoms with Crippen LogP contribution in [0.5, 0.6) is 0 Å². The second-order valence-electron chi connectivity index (χ2n) is 10.1. The monoisotopic (exact) mass is 454 g/mol. The largest absolute Gasteiger partial charge is 0.478 e. The number of carboxylic acids is 2. The van der Waals surface area contributed by atoms with Crippen molar-refractivity contribution in [1.29, 1.82) is 0 Å². The van der Waals surface area contributed by atoms with Gasteiger partial charge in [-0.05, 0) is 63.1 Å². The van der Waals surface area contributed by atoms with Crippen molar-refractivity contribution in [3.63, 3.8) is 0 Å². The van der Waals surface area contributed by atoms with E-state index in [2.05, 4.69) is 41.1 Å². The summed E-state index contributed by atoms with van der Waals surface area (Å²) in [7, 11) is 2.28. The van der Waals surface area contributed by atoms with E-state index in [1.807, 2.05) is 0 Å². The first-order chi connectivity index (χ1) is 15.8. The van der Waals surface area contributed by atoms with Gasteiger partial charge in [0.2, 0.25) is 5.91 Å². The molecule has 3 fully saturated rings. The van der Waals surface area contributed by atoms with Gasteiger partial charge in [-0.1, -0.05) is 31.0 Å². The number of carboxylic acid groups (broad SMARTS) is 2. The third-order valence-corrected chi connectivity index (χ3v) is 8.12. The van der Waals surface area contributed by atoms with Gasteiger partial charge in [0, 0.05) is 48.3 Å². The zero-order chi connectivity index (χ0) is 23.6. The Balaban J connectivity index is 0.000000281. The Labute approximate surface area is 195 Å². The third kappa shape index (κ3) is 4.98. The normalized spacial score (nSPS) is 27.4. The molecular weight excluding hydrogens is 420 g/mol. The van der Waals surface area contributed by atoms with Crippen molar-refractivity contribution in [2.45, 2.75) is 75.3 Å². The molecule has 1 amide bonds. The van der Waals surface area contributed by atoms with Crippen LogP contribution in [-0.4, -0.2) is 58.6 Å². The van der Waals surface area contributed by atoms with Crippen LogP contribution in [0.1, 0.15) is 63.4 Å². The molecule has 5 rings (SSSR count). The van der Waals surface area contributed by atoms with E-state index in [-0.39, 0.29) is 5.41 Å². The summed E-state index contributed by atoms with van der Waals surface area (Å²) in [6.07, 6.45) is 12.1. The second-order valence-corrected chi connectivity index (χ2v) is 10.1. The van der Waals surface area contributed by atoms with Crippen LogP contribution in [0.4, 0.5) is 5.69 Å². The Bertz CT molecular complexity index is 906. The molecule has 1 aromatic carbocycles. The van der Waals surface area contributed by atoms with Crippen LogP contribution < -0.4 is 4.90 Å². The van der Waals surface area contributed by atoms with Crippen LogP contribution in [0.25, 0.3) is 0 Å². The zero-order valence-electron chi connectivity index (χ0n) is 19.3. The summed E-state index contributed by atoms with van der Waals surface area (Å²) in [6, 6.07) is 10.2. The summed E-state index contributed by atoms with van der Waals surface area (Å²) < 4.78 is 0. The maximum atomic E-state index is 13.2. The van der Waals surface area contributed by atoms with Gasteiger partial charge < -0.3 is 20.0 Å². The van der Waals surface area contributed by atoms with E-state index in [0.29, 0.717) is 24.0 Å². The number of anilines is 1. The number of carbonyl (C=O) groups excluding carboxylic acids is 1. The van der Waals surface area contributed by atoms with Crippen molar-refractivity contribution in [1.82, 2.24) is 4.90 Å². The minimum atomic E-state index is -1.26. The fraction of sp³-hybridized carbons (Fsp3) is 0.577. The lowest BCUT2D eigenvalue weighted by Crippen LogP contribution is -2.42. The number of fused-ring (bicyclic) bond motifs is 4. The summed E-state index contributed by atoms with van der Waals surface area (Å²) in [4.78, 5) is 37.1. The van der Waals surface area contributed by atoms with Gasteiger partial charge in [-0.2, -0.15) is 0 Å². The average Bonchev–Trinajstić information content (AvgIpc) is 3.43. The molecule has 7 nitrogen and oxygen atoms in total. The first kappa shape index (κ1) is 23.5. The van der Waals surface area contributed by atoms with Gasteiger partial charge in [-0.25, -0.2) is 9.59 Å². The van der Waals surface area contributed by atoms with Gasteiger partial charge in [0.05, 0.1) is 0 Å². The summed E-state index contributed by atoms with van der Waals surface area (Å²) in [5.41, 5.74) is 2.92. The maximum Gasteiger partial charge on any atom is 0.328 e. The molecule has 1 aliphatic carbocycles. The number of benzene rings is 1. The van der Waals surface area contributed by atoms with Crippen molar-refractivity contribution in [3.8, 4) is 0 Å². The number of carbonyl (C=O) groups is 3. The fourth-order valence-electron chi connectivity index (χ4n) is 6.52. The maximum absolute atomic E-state index is 13.2. The van der Waals surface area contributed by atoms with Crippen LogP contribution in [0.15, 0.2) is 36.4 Å². The highest BCUT2D eigenvalue weighted by Gasteiger charge is 2.46. The lowest BCUT2D eigenvalue weighted by molar-refractivity contribution is -0.134. The van der Waals surface area contributed by atoms with Crippen LogP contribution in [0, 0.1) is 5.92 Å². The first-order valence-electron chi connectivity index (χ1n) is 12.0. The van der Waals surface area contributed by atoms with Crippen LogP contribution in [-0.2, 0) is 19.8 Å². The summed E-state index contributed by atoms with van der Waals surface area (Å²) >= 11 is 0. The Morgan fingerprint density at radius 1 is 1.00 bits per heavy atom. The average molecular weight is 455 g/mol. The molecular formula is C26H34N2O5. The van der Waals surface area contributed by atoms with Gasteiger partial charge in [-0.3, -0.25) is 4.79 Å². The van der Waals surface area contributed by atoms with E-state index in [1.54, 1.807) is 0 Å². The summed E-state index contributed by atoms with van der Waals surface area (Å²) in [6.45, 7) is 0.935. The van der Waals surface area contributed by atoms with E-state index in [0.717, 1.165) is 25.0 Å². The van der Waals surface area contributed by atoms with Gasteiger partial charge in [-0.15, -0.1) is 0 Å². The standard InChI is InChI=1S/C22H30N2O.C4H4O4/c1-23-17-8-9-18(23)13-16(12-17)14-21(25)24-15-22(10-4-5-11-22)19-6-2-3-7-20(19)24;5-3(6)1-2-4(7)8/h2-3,6-7,16-18H,4-5,8-15H2,1H3;1-2H,(H,5,6)(H,7,8)/b;2-1-. The molecule has 4 aliphatic rings. The molecule has 3 aliphatic heterocycles.